The summed E-state index contributed by atoms with van der Waals surface area (Å²) in [5.74, 6) is 1.37. The van der Waals surface area contributed by atoms with E-state index in [4.69, 9.17) is 15.0 Å². The van der Waals surface area contributed by atoms with Crippen molar-refractivity contribution in [3.63, 3.8) is 0 Å². The first-order valence-electron chi connectivity index (χ1n) is 5.51. The van der Waals surface area contributed by atoms with Crippen LogP contribution in [0.5, 0.6) is 0 Å². The SMILES string of the molecule is NCCc1nc(CC2CCCCO2)no1. The highest BCUT2D eigenvalue weighted by Crippen LogP contribution is 2.15. The Morgan fingerprint density at radius 1 is 1.40 bits per heavy atom. The lowest BCUT2D eigenvalue weighted by atomic mass is 10.1. The minimum absolute atomic E-state index is 0.266. The largest absolute Gasteiger partial charge is 0.378 e. The van der Waals surface area contributed by atoms with Gasteiger partial charge in [0.05, 0.1) is 6.10 Å². The Labute approximate surface area is 89.0 Å². The van der Waals surface area contributed by atoms with Crippen molar-refractivity contribution in [2.45, 2.75) is 38.2 Å². The van der Waals surface area contributed by atoms with Gasteiger partial charge in [0, 0.05) is 26.0 Å². The van der Waals surface area contributed by atoms with Crippen LogP contribution < -0.4 is 5.73 Å². The monoisotopic (exact) mass is 211 g/mol. The molecule has 2 N–H and O–H groups in total. The molecule has 1 atom stereocenters. The van der Waals surface area contributed by atoms with E-state index >= 15 is 0 Å². The predicted octanol–water partition coefficient (Wildman–Crippen LogP) is 0.682. The number of ether oxygens (including phenoxy) is 1. The van der Waals surface area contributed by atoms with Gasteiger partial charge in [0.25, 0.3) is 0 Å². The molecular formula is C10H17N3O2. The van der Waals surface area contributed by atoms with Crippen LogP contribution in [0.3, 0.4) is 0 Å². The summed E-state index contributed by atoms with van der Waals surface area (Å²) in [6.45, 7) is 1.40. The van der Waals surface area contributed by atoms with Crippen molar-refractivity contribution in [2.24, 2.45) is 5.73 Å². The second kappa shape index (κ2) is 5.23. The smallest absolute Gasteiger partial charge is 0.227 e. The van der Waals surface area contributed by atoms with Crippen LogP contribution in [0.1, 0.15) is 31.0 Å². The topological polar surface area (TPSA) is 74.2 Å². The first-order valence-corrected chi connectivity index (χ1v) is 5.51. The second-order valence-corrected chi connectivity index (χ2v) is 3.84. The molecule has 84 valence electrons. The molecule has 1 aromatic heterocycles. The standard InChI is InChI=1S/C10H17N3O2/c11-5-4-10-12-9(13-15-10)7-8-3-1-2-6-14-8/h8H,1-7,11H2. The van der Waals surface area contributed by atoms with Gasteiger partial charge in [0.15, 0.2) is 5.82 Å². The van der Waals surface area contributed by atoms with Crippen LogP contribution in [0.4, 0.5) is 0 Å². The number of hydrogen-bond donors (Lipinski definition) is 1. The van der Waals surface area contributed by atoms with E-state index in [2.05, 4.69) is 10.1 Å². The molecule has 2 rings (SSSR count). The van der Waals surface area contributed by atoms with E-state index in [1.54, 1.807) is 0 Å². The Morgan fingerprint density at radius 2 is 2.33 bits per heavy atom. The molecule has 1 saturated heterocycles. The third-order valence-electron chi connectivity index (χ3n) is 2.55. The van der Waals surface area contributed by atoms with Gasteiger partial charge in [0.2, 0.25) is 5.89 Å². The summed E-state index contributed by atoms with van der Waals surface area (Å²) in [7, 11) is 0. The van der Waals surface area contributed by atoms with Gasteiger partial charge in [-0.2, -0.15) is 4.98 Å². The molecular weight excluding hydrogens is 194 g/mol. The molecule has 2 heterocycles. The van der Waals surface area contributed by atoms with Crippen molar-refractivity contribution < 1.29 is 9.26 Å². The Kier molecular flexibility index (Phi) is 3.69. The molecule has 1 unspecified atom stereocenters. The fourth-order valence-corrected chi connectivity index (χ4v) is 1.77. The molecule has 1 aliphatic rings. The lowest BCUT2D eigenvalue weighted by Crippen LogP contribution is -2.21. The van der Waals surface area contributed by atoms with Gasteiger partial charge in [-0.05, 0) is 19.3 Å². The summed E-state index contributed by atoms with van der Waals surface area (Å²) in [4.78, 5) is 4.26. The van der Waals surface area contributed by atoms with Crippen LogP contribution in [0, 0.1) is 0 Å². The van der Waals surface area contributed by atoms with Crippen LogP contribution in [-0.2, 0) is 17.6 Å². The summed E-state index contributed by atoms with van der Waals surface area (Å²) in [5, 5.41) is 3.91. The van der Waals surface area contributed by atoms with E-state index < -0.39 is 0 Å². The van der Waals surface area contributed by atoms with Crippen LogP contribution in [0.15, 0.2) is 4.52 Å². The quantitative estimate of drug-likeness (QED) is 0.792. The van der Waals surface area contributed by atoms with Crippen molar-refractivity contribution >= 4 is 0 Å². The summed E-state index contributed by atoms with van der Waals surface area (Å²) >= 11 is 0. The zero-order valence-electron chi connectivity index (χ0n) is 8.82. The highest BCUT2D eigenvalue weighted by molar-refractivity contribution is 4.89. The molecule has 0 radical (unpaired) electrons. The van der Waals surface area contributed by atoms with Gasteiger partial charge in [0.1, 0.15) is 0 Å². The van der Waals surface area contributed by atoms with Crippen LogP contribution >= 0.6 is 0 Å². The minimum atomic E-state index is 0.266. The number of hydrogen-bond acceptors (Lipinski definition) is 5. The summed E-state index contributed by atoms with van der Waals surface area (Å²) in [5.41, 5.74) is 5.40. The second-order valence-electron chi connectivity index (χ2n) is 3.84. The van der Waals surface area contributed by atoms with Crippen LogP contribution in [0.25, 0.3) is 0 Å². The molecule has 0 aromatic carbocycles. The van der Waals surface area contributed by atoms with Gasteiger partial charge < -0.3 is 15.0 Å². The van der Waals surface area contributed by atoms with Gasteiger partial charge in [-0.25, -0.2) is 0 Å². The molecule has 0 amide bonds. The number of aromatic nitrogens is 2. The van der Waals surface area contributed by atoms with Gasteiger partial charge in [-0.15, -0.1) is 0 Å². The summed E-state index contributed by atoms with van der Waals surface area (Å²) in [6.07, 6.45) is 5.18. The summed E-state index contributed by atoms with van der Waals surface area (Å²) < 4.78 is 10.7. The number of nitrogens with two attached hydrogens (primary N) is 1. The van der Waals surface area contributed by atoms with Gasteiger partial charge in [-0.3, -0.25) is 0 Å². The highest BCUT2D eigenvalue weighted by Gasteiger charge is 2.17. The van der Waals surface area contributed by atoms with Crippen LogP contribution in [-0.4, -0.2) is 29.4 Å². The molecule has 0 saturated carbocycles. The third-order valence-corrected chi connectivity index (χ3v) is 2.55. The van der Waals surface area contributed by atoms with Gasteiger partial charge in [-0.1, -0.05) is 5.16 Å². The van der Waals surface area contributed by atoms with E-state index in [0.717, 1.165) is 25.3 Å². The average molecular weight is 211 g/mol. The molecule has 1 aromatic rings. The maximum atomic E-state index is 5.60. The molecule has 0 aliphatic carbocycles. The zero-order valence-corrected chi connectivity index (χ0v) is 8.82. The minimum Gasteiger partial charge on any atom is -0.378 e. The third kappa shape index (κ3) is 3.00. The van der Waals surface area contributed by atoms with Crippen molar-refractivity contribution in [3.05, 3.63) is 11.7 Å². The Balaban J connectivity index is 1.86. The van der Waals surface area contributed by atoms with E-state index in [0.29, 0.717) is 18.9 Å². The molecule has 15 heavy (non-hydrogen) atoms. The Bertz CT molecular complexity index is 295. The van der Waals surface area contributed by atoms with Crippen LogP contribution in [0.2, 0.25) is 0 Å². The number of rotatable bonds is 4. The maximum Gasteiger partial charge on any atom is 0.227 e. The predicted molar refractivity (Wildman–Crippen MR) is 54.4 cm³/mol. The zero-order chi connectivity index (χ0) is 10.5. The molecule has 5 heteroatoms. The Hall–Kier alpha value is -0.940. The van der Waals surface area contributed by atoms with E-state index in [1.165, 1.54) is 12.8 Å². The van der Waals surface area contributed by atoms with E-state index in [9.17, 15) is 0 Å². The molecule has 5 nitrogen and oxygen atoms in total. The molecule has 0 bridgehead atoms. The Morgan fingerprint density at radius 3 is 3.07 bits per heavy atom. The van der Waals surface area contributed by atoms with E-state index in [1.807, 2.05) is 0 Å². The van der Waals surface area contributed by atoms with Crippen molar-refractivity contribution in [1.29, 1.82) is 0 Å². The molecule has 1 fully saturated rings. The molecule has 1 aliphatic heterocycles. The normalized spacial score (nSPS) is 21.8. The fourth-order valence-electron chi connectivity index (χ4n) is 1.77. The van der Waals surface area contributed by atoms with Crippen molar-refractivity contribution in [2.75, 3.05) is 13.2 Å². The van der Waals surface area contributed by atoms with Crippen molar-refractivity contribution in [1.82, 2.24) is 10.1 Å². The highest BCUT2D eigenvalue weighted by atomic mass is 16.5. The van der Waals surface area contributed by atoms with Crippen molar-refractivity contribution in [3.8, 4) is 0 Å². The lowest BCUT2D eigenvalue weighted by molar-refractivity contribution is 0.0153. The lowest BCUT2D eigenvalue weighted by Gasteiger charge is -2.20. The number of nitrogens with zero attached hydrogens (tertiary/aromatic N) is 2. The molecule has 0 spiro atoms. The first kappa shape index (κ1) is 10.6. The van der Waals surface area contributed by atoms with Gasteiger partial charge >= 0.3 is 0 Å². The fraction of sp³-hybridized carbons (Fsp3) is 0.800. The maximum absolute atomic E-state index is 5.60. The first-order chi connectivity index (χ1) is 7.38. The summed E-state index contributed by atoms with van der Waals surface area (Å²) in [6, 6.07) is 0. The van der Waals surface area contributed by atoms with E-state index in [-0.39, 0.29) is 6.10 Å². The average Bonchev–Trinajstić information content (AvgIpc) is 2.68.